The molecule has 0 atom stereocenters. The van der Waals surface area contributed by atoms with Gasteiger partial charge in [0.05, 0.1) is 25.0 Å². The van der Waals surface area contributed by atoms with E-state index in [1.807, 2.05) is 0 Å². The Morgan fingerprint density at radius 1 is 1.60 bits per heavy atom. The highest BCUT2D eigenvalue weighted by atomic mass is 19.3. The number of alkyl halides is 2. The van der Waals surface area contributed by atoms with Gasteiger partial charge in [-0.05, 0) is 0 Å². The lowest BCUT2D eigenvalue weighted by Gasteiger charge is -2.22. The summed E-state index contributed by atoms with van der Waals surface area (Å²) < 4.78 is 24.3. The van der Waals surface area contributed by atoms with E-state index >= 15 is 0 Å². The quantitative estimate of drug-likeness (QED) is 0.721. The van der Waals surface area contributed by atoms with Gasteiger partial charge < -0.3 is 10.0 Å². The number of hydrogen-bond donors (Lipinski definition) is 2. The van der Waals surface area contributed by atoms with E-state index in [1.165, 1.54) is 11.1 Å². The average Bonchev–Trinajstić information content (AvgIpc) is 2.16. The highest BCUT2D eigenvalue weighted by Gasteiger charge is 2.12. The Morgan fingerprint density at radius 2 is 2.33 bits per heavy atom. The number of aliphatic hydroxyl groups is 1. The molecule has 0 aliphatic heterocycles. The molecule has 0 bridgehead atoms. The maximum atomic E-state index is 12.2. The van der Waals surface area contributed by atoms with Gasteiger partial charge in [-0.25, -0.2) is 13.9 Å². The van der Waals surface area contributed by atoms with Gasteiger partial charge >= 0.3 is 0 Å². The normalized spacial score (nSPS) is 10.7. The van der Waals surface area contributed by atoms with Crippen molar-refractivity contribution < 1.29 is 13.9 Å². The van der Waals surface area contributed by atoms with Gasteiger partial charge in [0.15, 0.2) is 0 Å². The topological polar surface area (TPSA) is 69.2 Å². The first kappa shape index (κ1) is 11.6. The number of aromatic nitrogens is 2. The van der Waals surface area contributed by atoms with Crippen molar-refractivity contribution in [1.82, 2.24) is 10.2 Å². The van der Waals surface area contributed by atoms with E-state index in [1.54, 1.807) is 0 Å². The summed E-state index contributed by atoms with van der Waals surface area (Å²) >= 11 is 0. The summed E-state index contributed by atoms with van der Waals surface area (Å²) in [4.78, 5) is 12.1. The van der Waals surface area contributed by atoms with E-state index < -0.39 is 18.5 Å². The summed E-state index contributed by atoms with van der Waals surface area (Å²) in [6.45, 7) is -0.763. The molecule has 0 amide bonds. The number of H-pyrrole nitrogens is 1. The first-order valence-corrected chi connectivity index (χ1v) is 4.32. The number of nitrogens with zero attached hydrogens (tertiary/aromatic N) is 2. The Hall–Kier alpha value is -1.50. The molecule has 0 radical (unpaired) electrons. The maximum absolute atomic E-state index is 12.2. The summed E-state index contributed by atoms with van der Waals surface area (Å²) in [6, 6.07) is 1.16. The van der Waals surface area contributed by atoms with E-state index in [0.717, 1.165) is 6.07 Å². The Balaban J connectivity index is 2.83. The molecule has 15 heavy (non-hydrogen) atoms. The molecule has 0 fully saturated rings. The second-order valence-electron chi connectivity index (χ2n) is 2.86. The monoisotopic (exact) mass is 219 g/mol. The van der Waals surface area contributed by atoms with Crippen molar-refractivity contribution in [3.05, 3.63) is 22.6 Å². The fourth-order valence-electron chi connectivity index (χ4n) is 1.15. The number of anilines is 1. The molecule has 1 heterocycles. The van der Waals surface area contributed by atoms with Crippen molar-refractivity contribution in [3.63, 3.8) is 0 Å². The van der Waals surface area contributed by atoms with Gasteiger partial charge in [-0.3, -0.25) is 4.79 Å². The highest BCUT2D eigenvalue weighted by molar-refractivity contribution is 5.42. The van der Waals surface area contributed by atoms with Gasteiger partial charge in [-0.2, -0.15) is 5.10 Å². The molecule has 0 saturated heterocycles. The second kappa shape index (κ2) is 5.40. The predicted molar refractivity (Wildman–Crippen MR) is 50.2 cm³/mol. The smallest absolute Gasteiger partial charge is 0.266 e. The summed E-state index contributed by atoms with van der Waals surface area (Å²) in [6.07, 6.45) is -1.27. The third kappa shape index (κ3) is 3.62. The maximum Gasteiger partial charge on any atom is 0.266 e. The van der Waals surface area contributed by atoms with E-state index in [9.17, 15) is 13.6 Å². The largest absolute Gasteiger partial charge is 0.395 e. The van der Waals surface area contributed by atoms with Crippen LogP contribution in [-0.2, 0) is 0 Å². The third-order valence-electron chi connectivity index (χ3n) is 1.74. The van der Waals surface area contributed by atoms with Gasteiger partial charge in [0, 0.05) is 12.6 Å². The number of hydrogen-bond acceptors (Lipinski definition) is 4. The van der Waals surface area contributed by atoms with Crippen LogP contribution in [0.3, 0.4) is 0 Å². The second-order valence-corrected chi connectivity index (χ2v) is 2.86. The van der Waals surface area contributed by atoms with Crippen LogP contribution in [0.5, 0.6) is 0 Å². The molecule has 5 nitrogen and oxygen atoms in total. The van der Waals surface area contributed by atoms with E-state index in [-0.39, 0.29) is 18.8 Å². The minimum absolute atomic E-state index is 0.0372. The fourth-order valence-corrected chi connectivity index (χ4v) is 1.15. The molecule has 1 aromatic rings. The molecule has 0 aliphatic carbocycles. The van der Waals surface area contributed by atoms with Gasteiger partial charge in [0.25, 0.3) is 12.0 Å². The van der Waals surface area contributed by atoms with Crippen LogP contribution >= 0.6 is 0 Å². The zero-order chi connectivity index (χ0) is 11.3. The lowest BCUT2D eigenvalue weighted by Crippen LogP contribution is -2.32. The van der Waals surface area contributed by atoms with Gasteiger partial charge in [-0.1, -0.05) is 0 Å². The van der Waals surface area contributed by atoms with Crippen LogP contribution in [-0.4, -0.2) is 41.4 Å². The molecule has 7 heteroatoms. The molecule has 0 saturated carbocycles. The standard InChI is InChI=1S/C8H11F2N3O2/c9-7(10)5-13(1-2-14)6-3-8(15)12-11-4-6/h3-4,7,14H,1-2,5H2,(H,12,15). The zero-order valence-electron chi connectivity index (χ0n) is 7.86. The molecule has 0 unspecified atom stereocenters. The summed E-state index contributed by atoms with van der Waals surface area (Å²) in [5, 5.41) is 14.3. The van der Waals surface area contributed by atoms with E-state index in [0.29, 0.717) is 0 Å². The van der Waals surface area contributed by atoms with Gasteiger partial charge in [0.2, 0.25) is 0 Å². The van der Waals surface area contributed by atoms with Gasteiger partial charge in [0.1, 0.15) is 0 Å². The van der Waals surface area contributed by atoms with Crippen LogP contribution in [0.1, 0.15) is 0 Å². The Bertz CT molecular complexity index is 356. The van der Waals surface area contributed by atoms with Crippen molar-refractivity contribution >= 4 is 5.69 Å². The third-order valence-corrected chi connectivity index (χ3v) is 1.74. The molecule has 2 N–H and O–H groups in total. The summed E-state index contributed by atoms with van der Waals surface area (Å²) in [7, 11) is 0. The van der Waals surface area contributed by atoms with Crippen molar-refractivity contribution in [2.24, 2.45) is 0 Å². The number of aromatic amines is 1. The van der Waals surface area contributed by atoms with E-state index in [2.05, 4.69) is 10.2 Å². The minimum Gasteiger partial charge on any atom is -0.395 e. The fraction of sp³-hybridized carbons (Fsp3) is 0.500. The lowest BCUT2D eigenvalue weighted by molar-refractivity contribution is 0.152. The van der Waals surface area contributed by atoms with Crippen LogP contribution in [0.2, 0.25) is 0 Å². The zero-order valence-corrected chi connectivity index (χ0v) is 7.86. The molecule has 0 aromatic carbocycles. The molecule has 1 aromatic heterocycles. The summed E-state index contributed by atoms with van der Waals surface area (Å²) in [5.74, 6) is 0. The molecule has 84 valence electrons. The van der Waals surface area contributed by atoms with E-state index in [4.69, 9.17) is 5.11 Å². The van der Waals surface area contributed by atoms with Crippen LogP contribution in [0, 0.1) is 0 Å². The molecular weight excluding hydrogens is 208 g/mol. The molecule has 1 rings (SSSR count). The SMILES string of the molecule is O=c1cc(N(CCO)CC(F)F)cn[nH]1. The van der Waals surface area contributed by atoms with Crippen molar-refractivity contribution in [3.8, 4) is 0 Å². The van der Waals surface area contributed by atoms with Crippen LogP contribution in [0.4, 0.5) is 14.5 Å². The molecular formula is C8H11F2N3O2. The lowest BCUT2D eigenvalue weighted by atomic mass is 10.4. The number of halogens is 2. The van der Waals surface area contributed by atoms with Crippen LogP contribution < -0.4 is 10.5 Å². The Kier molecular flexibility index (Phi) is 4.17. The average molecular weight is 219 g/mol. The van der Waals surface area contributed by atoms with Crippen LogP contribution in [0.25, 0.3) is 0 Å². The Labute approximate surface area is 84.3 Å². The first-order chi connectivity index (χ1) is 7.13. The van der Waals surface area contributed by atoms with Crippen molar-refractivity contribution in [1.29, 1.82) is 0 Å². The molecule has 0 spiro atoms. The summed E-state index contributed by atoms with van der Waals surface area (Å²) in [5.41, 5.74) is -0.196. The Morgan fingerprint density at radius 3 is 2.87 bits per heavy atom. The molecule has 0 aliphatic rings. The number of nitrogens with one attached hydrogen (secondary N) is 1. The predicted octanol–water partition coefficient (Wildman–Crippen LogP) is -0.166. The minimum atomic E-state index is -2.53. The van der Waals surface area contributed by atoms with Crippen molar-refractivity contribution in [2.45, 2.75) is 6.43 Å². The highest BCUT2D eigenvalue weighted by Crippen LogP contribution is 2.10. The van der Waals surface area contributed by atoms with Crippen LogP contribution in [0.15, 0.2) is 17.1 Å². The number of rotatable bonds is 5. The van der Waals surface area contributed by atoms with Gasteiger partial charge in [-0.15, -0.1) is 0 Å². The van der Waals surface area contributed by atoms with Crippen molar-refractivity contribution in [2.75, 3.05) is 24.6 Å². The first-order valence-electron chi connectivity index (χ1n) is 4.32. The number of aliphatic hydroxyl groups excluding tert-OH is 1.